The first-order valence-corrected chi connectivity index (χ1v) is 6.24. The minimum Gasteiger partial charge on any atom is -0.380 e. The Morgan fingerprint density at radius 3 is 2.32 bits per heavy atom. The lowest BCUT2D eigenvalue weighted by atomic mass is 9.98. The maximum absolute atomic E-state index is 12.4. The molecule has 0 bridgehead atoms. The van der Waals surface area contributed by atoms with Crippen LogP contribution in [0.3, 0.4) is 0 Å². The number of aliphatic imine (C=N–C) groups is 2. The second kappa shape index (κ2) is 7.02. The average molecular weight is 294 g/mol. The van der Waals surface area contributed by atoms with Crippen LogP contribution in [-0.4, -0.2) is 23.0 Å². The van der Waals surface area contributed by atoms with Crippen molar-refractivity contribution < 1.29 is 19.5 Å². The lowest BCUT2D eigenvalue weighted by molar-refractivity contribution is 0.0748. The number of rotatable bonds is 5. The minimum absolute atomic E-state index is 0.0218. The molecule has 1 unspecified atom stereocenters. The van der Waals surface area contributed by atoms with E-state index in [2.05, 4.69) is 9.98 Å². The topological polar surface area (TPSA) is 96.2 Å². The minimum atomic E-state index is -1.39. The molecule has 0 saturated carbocycles. The molecule has 2 rings (SSSR count). The fourth-order valence-corrected chi connectivity index (χ4v) is 1.93. The number of aliphatic hydroxyl groups excluding tert-OH is 1. The van der Waals surface area contributed by atoms with Crippen LogP contribution in [0, 0.1) is 0 Å². The molecule has 6 nitrogen and oxygen atoms in total. The molecule has 0 spiro atoms. The number of nitrogens with zero attached hydrogens (tertiary/aromatic N) is 2. The van der Waals surface area contributed by atoms with Gasteiger partial charge >= 0.3 is 0 Å². The summed E-state index contributed by atoms with van der Waals surface area (Å²) in [5.41, 5.74) is 0.620. The highest BCUT2D eigenvalue weighted by Crippen LogP contribution is 2.29. The van der Waals surface area contributed by atoms with Crippen molar-refractivity contribution in [3.05, 3.63) is 59.7 Å². The van der Waals surface area contributed by atoms with Gasteiger partial charge in [-0.2, -0.15) is 9.98 Å². The Balaban J connectivity index is 2.44. The van der Waals surface area contributed by atoms with Crippen molar-refractivity contribution in [1.29, 1.82) is 0 Å². The smallest absolute Gasteiger partial charge is 0.240 e. The number of Topliss-reactive ketones (excluding diaryl/α,β-unsaturated/α-hetero) is 1. The first-order valence-electron chi connectivity index (χ1n) is 6.24. The number of ketones is 1. The van der Waals surface area contributed by atoms with Crippen molar-refractivity contribution in [1.82, 2.24) is 0 Å². The molecule has 0 fully saturated rings. The summed E-state index contributed by atoms with van der Waals surface area (Å²) >= 11 is 0. The highest BCUT2D eigenvalue weighted by Gasteiger charge is 2.22. The van der Waals surface area contributed by atoms with Crippen LogP contribution in [0.15, 0.2) is 58.5 Å². The van der Waals surface area contributed by atoms with Crippen LogP contribution in [0.2, 0.25) is 0 Å². The highest BCUT2D eigenvalue weighted by atomic mass is 16.3. The number of hydrogen-bond acceptors (Lipinski definition) is 6. The summed E-state index contributed by atoms with van der Waals surface area (Å²) in [7, 11) is 0. The molecular weight excluding hydrogens is 284 g/mol. The number of carbonyl (C=O) groups excluding carboxylic acids is 3. The molecule has 0 heterocycles. The van der Waals surface area contributed by atoms with Gasteiger partial charge in [-0.1, -0.05) is 30.3 Å². The van der Waals surface area contributed by atoms with E-state index < -0.39 is 11.9 Å². The van der Waals surface area contributed by atoms with Crippen LogP contribution in [0.1, 0.15) is 22.0 Å². The number of isocyanates is 2. The van der Waals surface area contributed by atoms with E-state index in [1.54, 1.807) is 30.3 Å². The van der Waals surface area contributed by atoms with Crippen molar-refractivity contribution in [2.75, 3.05) is 0 Å². The molecule has 0 aromatic heterocycles. The average Bonchev–Trinajstić information content (AvgIpc) is 2.55. The Morgan fingerprint density at radius 2 is 1.68 bits per heavy atom. The van der Waals surface area contributed by atoms with Crippen molar-refractivity contribution in [2.45, 2.75) is 6.10 Å². The molecular formula is C16H10N2O4. The van der Waals surface area contributed by atoms with Crippen molar-refractivity contribution >= 4 is 29.3 Å². The lowest BCUT2D eigenvalue weighted by Crippen LogP contribution is -2.12. The summed E-state index contributed by atoms with van der Waals surface area (Å²) in [6, 6.07) is 12.3. The van der Waals surface area contributed by atoms with Gasteiger partial charge in [-0.25, -0.2) is 9.59 Å². The van der Waals surface area contributed by atoms with Gasteiger partial charge in [0.15, 0.2) is 5.78 Å². The Morgan fingerprint density at radius 1 is 1.00 bits per heavy atom. The first-order chi connectivity index (χ1) is 10.7. The second-order valence-electron chi connectivity index (χ2n) is 4.29. The molecule has 0 saturated heterocycles. The van der Waals surface area contributed by atoms with E-state index in [1.165, 1.54) is 30.4 Å². The summed E-state index contributed by atoms with van der Waals surface area (Å²) in [4.78, 5) is 39.9. The Labute approximate surface area is 125 Å². The van der Waals surface area contributed by atoms with E-state index >= 15 is 0 Å². The third-order valence-electron chi connectivity index (χ3n) is 2.95. The van der Waals surface area contributed by atoms with E-state index in [4.69, 9.17) is 0 Å². The molecule has 0 aliphatic carbocycles. The number of benzene rings is 2. The van der Waals surface area contributed by atoms with Crippen LogP contribution in [0.25, 0.3) is 0 Å². The molecule has 0 aliphatic heterocycles. The van der Waals surface area contributed by atoms with Crippen LogP contribution < -0.4 is 0 Å². The summed E-state index contributed by atoms with van der Waals surface area (Å²) in [5, 5.41) is 10.1. The SMILES string of the molecule is O=C=Nc1ccc(C(=O)C(O)c2ccccc2)c(N=C=O)c1. The van der Waals surface area contributed by atoms with Crippen LogP contribution in [0.5, 0.6) is 0 Å². The Kier molecular flexibility index (Phi) is 4.85. The van der Waals surface area contributed by atoms with Gasteiger partial charge in [0.05, 0.1) is 11.4 Å². The summed E-state index contributed by atoms with van der Waals surface area (Å²) < 4.78 is 0. The fraction of sp³-hybridized carbons (Fsp3) is 0.0625. The van der Waals surface area contributed by atoms with Gasteiger partial charge in [-0.3, -0.25) is 4.79 Å². The van der Waals surface area contributed by atoms with Gasteiger partial charge in [0.1, 0.15) is 6.10 Å². The molecule has 2 aromatic carbocycles. The van der Waals surface area contributed by atoms with Gasteiger partial charge in [0.25, 0.3) is 0 Å². The number of hydrogen-bond donors (Lipinski definition) is 1. The first kappa shape index (κ1) is 15.2. The lowest BCUT2D eigenvalue weighted by Gasteiger charge is -2.11. The number of aliphatic hydroxyl groups is 1. The quantitative estimate of drug-likeness (QED) is 0.520. The Hall–Kier alpha value is -3.17. The maximum Gasteiger partial charge on any atom is 0.240 e. The predicted molar refractivity (Wildman–Crippen MR) is 77.7 cm³/mol. The van der Waals surface area contributed by atoms with E-state index in [1.807, 2.05) is 0 Å². The zero-order valence-corrected chi connectivity index (χ0v) is 11.3. The van der Waals surface area contributed by atoms with Crippen molar-refractivity contribution in [3.63, 3.8) is 0 Å². The zero-order chi connectivity index (χ0) is 15.9. The van der Waals surface area contributed by atoms with Crippen molar-refractivity contribution in [3.8, 4) is 0 Å². The monoisotopic (exact) mass is 294 g/mol. The predicted octanol–water partition coefficient (Wildman–Crippen LogP) is 2.54. The molecule has 0 aliphatic rings. The molecule has 2 aromatic rings. The molecule has 6 heteroatoms. The third-order valence-corrected chi connectivity index (χ3v) is 2.95. The van der Waals surface area contributed by atoms with Gasteiger partial charge in [-0.15, -0.1) is 0 Å². The second-order valence-corrected chi connectivity index (χ2v) is 4.29. The van der Waals surface area contributed by atoms with Gasteiger partial charge in [0.2, 0.25) is 12.2 Å². The highest BCUT2D eigenvalue weighted by molar-refractivity contribution is 6.04. The third kappa shape index (κ3) is 3.29. The standard InChI is InChI=1S/C16H10N2O4/c19-9-17-12-6-7-13(14(8-12)18-10-20)16(22)15(21)11-4-2-1-3-5-11/h1-8,15,21H. The van der Waals surface area contributed by atoms with Crippen molar-refractivity contribution in [2.24, 2.45) is 9.98 Å². The van der Waals surface area contributed by atoms with Gasteiger partial charge in [-0.05, 0) is 23.8 Å². The molecule has 22 heavy (non-hydrogen) atoms. The molecule has 1 atom stereocenters. The van der Waals surface area contributed by atoms with E-state index in [-0.39, 0.29) is 16.9 Å². The summed E-state index contributed by atoms with van der Waals surface area (Å²) in [5.74, 6) is -0.623. The molecule has 1 N–H and O–H groups in total. The number of carbonyl (C=O) groups is 1. The molecule has 0 amide bonds. The fourth-order valence-electron chi connectivity index (χ4n) is 1.93. The molecule has 108 valence electrons. The zero-order valence-electron chi connectivity index (χ0n) is 11.3. The van der Waals surface area contributed by atoms with Gasteiger partial charge in [0, 0.05) is 5.56 Å². The molecule has 0 radical (unpaired) electrons. The van der Waals surface area contributed by atoms with E-state index in [9.17, 15) is 19.5 Å². The van der Waals surface area contributed by atoms with E-state index in [0.717, 1.165) is 0 Å². The van der Waals surface area contributed by atoms with Gasteiger partial charge < -0.3 is 5.11 Å². The van der Waals surface area contributed by atoms with E-state index in [0.29, 0.717) is 5.56 Å². The van der Waals surface area contributed by atoms with Crippen LogP contribution in [0.4, 0.5) is 11.4 Å². The summed E-state index contributed by atoms with van der Waals surface area (Å²) in [6.45, 7) is 0. The Bertz CT molecular complexity index is 789. The van der Waals surface area contributed by atoms with Crippen LogP contribution >= 0.6 is 0 Å². The largest absolute Gasteiger partial charge is 0.380 e. The maximum atomic E-state index is 12.4. The normalized spacial score (nSPS) is 11.0. The summed E-state index contributed by atoms with van der Waals surface area (Å²) in [6.07, 6.45) is 1.29. The van der Waals surface area contributed by atoms with Crippen LogP contribution in [-0.2, 0) is 9.59 Å².